The highest BCUT2D eigenvalue weighted by Gasteiger charge is 2.35. The monoisotopic (exact) mass is 479 g/mol. The molecule has 1 aromatic heterocycles. The van der Waals surface area contributed by atoms with Crippen LogP contribution in [0.3, 0.4) is 0 Å². The summed E-state index contributed by atoms with van der Waals surface area (Å²) < 4.78 is 57.8. The Morgan fingerprint density at radius 1 is 1.21 bits per heavy atom. The average Bonchev–Trinajstić information content (AvgIpc) is 3.02. The average molecular weight is 479 g/mol. The molecule has 34 heavy (non-hydrogen) atoms. The van der Waals surface area contributed by atoms with Crippen LogP contribution in [0.1, 0.15) is 56.4 Å². The first-order valence-corrected chi connectivity index (χ1v) is 10.9. The number of alkyl halides is 3. The van der Waals surface area contributed by atoms with E-state index in [1.807, 2.05) is 4.57 Å². The van der Waals surface area contributed by atoms with Gasteiger partial charge in [0, 0.05) is 17.8 Å². The molecular formula is C24H25F4N3O3. The Hall–Kier alpha value is -3.30. The van der Waals surface area contributed by atoms with Gasteiger partial charge < -0.3 is 19.7 Å². The van der Waals surface area contributed by atoms with Crippen molar-refractivity contribution in [2.24, 2.45) is 11.3 Å². The maximum atomic E-state index is 14.6. The molecule has 2 atom stereocenters. The van der Waals surface area contributed by atoms with Crippen LogP contribution >= 0.6 is 0 Å². The van der Waals surface area contributed by atoms with Crippen molar-refractivity contribution >= 4 is 28.6 Å². The zero-order valence-electron chi connectivity index (χ0n) is 18.9. The van der Waals surface area contributed by atoms with E-state index in [1.54, 1.807) is 0 Å². The molecule has 1 fully saturated rings. The van der Waals surface area contributed by atoms with E-state index in [0.717, 1.165) is 19.3 Å². The predicted molar refractivity (Wildman–Crippen MR) is 119 cm³/mol. The molecule has 10 heteroatoms. The number of fused-ring (bicyclic) bond motifs is 1. The number of hydrogen-bond acceptors (Lipinski definition) is 4. The summed E-state index contributed by atoms with van der Waals surface area (Å²) in [7, 11) is 0. The van der Waals surface area contributed by atoms with E-state index in [2.05, 4.69) is 35.8 Å². The van der Waals surface area contributed by atoms with Crippen LogP contribution in [0.25, 0.3) is 11.0 Å². The maximum absolute atomic E-state index is 14.6. The fraction of sp³-hybridized carbons (Fsp3) is 0.417. The molecule has 0 aliphatic heterocycles. The van der Waals surface area contributed by atoms with Crippen LogP contribution in [0, 0.1) is 17.2 Å². The molecule has 0 radical (unpaired) electrons. The molecule has 0 saturated heterocycles. The smallest absolute Gasteiger partial charge is 0.478 e. The lowest BCUT2D eigenvalue weighted by molar-refractivity contribution is -0.274. The normalized spacial score (nSPS) is 20.3. The van der Waals surface area contributed by atoms with Crippen LogP contribution in [0.5, 0.6) is 5.75 Å². The van der Waals surface area contributed by atoms with Gasteiger partial charge in [-0.05, 0) is 60.9 Å². The molecular weight excluding hydrogens is 454 g/mol. The molecule has 1 aliphatic rings. The van der Waals surface area contributed by atoms with Crippen LogP contribution in [-0.2, 0) is 0 Å². The number of carboxylic acids is 1. The molecule has 3 aromatic rings. The fourth-order valence-corrected chi connectivity index (χ4v) is 5.10. The van der Waals surface area contributed by atoms with E-state index in [4.69, 9.17) is 0 Å². The van der Waals surface area contributed by atoms with Crippen LogP contribution in [0.4, 0.5) is 29.2 Å². The lowest BCUT2D eigenvalue weighted by Gasteiger charge is -2.40. The Labute approximate surface area is 193 Å². The Morgan fingerprint density at radius 2 is 1.88 bits per heavy atom. The van der Waals surface area contributed by atoms with Crippen LogP contribution in [-0.4, -0.2) is 27.0 Å². The van der Waals surface area contributed by atoms with Gasteiger partial charge in [-0.1, -0.05) is 20.8 Å². The third-order valence-electron chi connectivity index (χ3n) is 6.08. The van der Waals surface area contributed by atoms with Crippen molar-refractivity contribution in [3.63, 3.8) is 0 Å². The van der Waals surface area contributed by atoms with Gasteiger partial charge in [0.2, 0.25) is 5.95 Å². The van der Waals surface area contributed by atoms with Crippen LogP contribution < -0.4 is 10.1 Å². The first-order valence-electron chi connectivity index (χ1n) is 10.9. The van der Waals surface area contributed by atoms with Gasteiger partial charge in [0.15, 0.2) is 0 Å². The second kappa shape index (κ2) is 8.48. The molecule has 182 valence electrons. The van der Waals surface area contributed by atoms with Crippen molar-refractivity contribution < 1.29 is 32.2 Å². The number of ether oxygens (including phenoxy) is 1. The lowest BCUT2D eigenvalue weighted by atomic mass is 9.70. The summed E-state index contributed by atoms with van der Waals surface area (Å²) in [4.78, 5) is 16.0. The quantitative estimate of drug-likeness (QED) is 0.389. The van der Waals surface area contributed by atoms with Crippen LogP contribution in [0.15, 0.2) is 36.4 Å². The van der Waals surface area contributed by atoms with Crippen molar-refractivity contribution in [1.82, 2.24) is 9.55 Å². The van der Waals surface area contributed by atoms with E-state index in [0.29, 0.717) is 28.6 Å². The van der Waals surface area contributed by atoms with Gasteiger partial charge in [-0.15, -0.1) is 13.2 Å². The first-order chi connectivity index (χ1) is 15.8. The van der Waals surface area contributed by atoms with E-state index >= 15 is 0 Å². The van der Waals surface area contributed by atoms with E-state index in [-0.39, 0.29) is 17.2 Å². The largest absolute Gasteiger partial charge is 0.573 e. The number of anilines is 2. The molecule has 0 unspecified atom stereocenters. The number of aromatic carboxylic acids is 1. The molecule has 1 aliphatic carbocycles. The highest BCUT2D eigenvalue weighted by molar-refractivity contribution is 5.93. The number of hydrogen-bond donors (Lipinski definition) is 2. The minimum Gasteiger partial charge on any atom is -0.478 e. The number of nitrogens with zero attached hydrogens (tertiary/aromatic N) is 2. The summed E-state index contributed by atoms with van der Waals surface area (Å²) in [5.41, 5.74) is 0.779. The second-order valence-electron chi connectivity index (χ2n) is 9.70. The molecule has 6 nitrogen and oxygen atoms in total. The van der Waals surface area contributed by atoms with Crippen LogP contribution in [0.2, 0.25) is 0 Å². The molecule has 0 amide bonds. The van der Waals surface area contributed by atoms with E-state index < -0.39 is 23.7 Å². The van der Waals surface area contributed by atoms with Crippen molar-refractivity contribution in [2.75, 3.05) is 5.32 Å². The van der Waals surface area contributed by atoms with Gasteiger partial charge in [0.1, 0.15) is 11.6 Å². The molecule has 0 spiro atoms. The van der Waals surface area contributed by atoms with Crippen molar-refractivity contribution in [1.29, 1.82) is 0 Å². The van der Waals surface area contributed by atoms with Gasteiger partial charge in [0.05, 0.1) is 16.6 Å². The lowest BCUT2D eigenvalue weighted by Crippen LogP contribution is -2.29. The number of benzene rings is 2. The summed E-state index contributed by atoms with van der Waals surface area (Å²) >= 11 is 0. The third-order valence-corrected chi connectivity index (χ3v) is 6.08. The summed E-state index contributed by atoms with van der Waals surface area (Å²) in [5, 5.41) is 12.4. The number of rotatable bonds is 5. The van der Waals surface area contributed by atoms with Gasteiger partial charge in [0.25, 0.3) is 0 Å². The number of carbonyl (C=O) groups is 1. The molecule has 1 saturated carbocycles. The SMILES string of the molecule is C[C@H]1C[C@@H](n2c(Nc3ccc(OC(F)(F)F)cc3)nc3cc(C(=O)O)c(F)cc32)CC(C)(C)C1. The first kappa shape index (κ1) is 23.8. The Morgan fingerprint density at radius 3 is 2.47 bits per heavy atom. The summed E-state index contributed by atoms with van der Waals surface area (Å²) in [6.45, 7) is 6.50. The molecule has 2 N–H and O–H groups in total. The van der Waals surface area contributed by atoms with Gasteiger partial charge in [-0.3, -0.25) is 0 Å². The minimum absolute atomic E-state index is 0.0332. The van der Waals surface area contributed by atoms with E-state index in [1.165, 1.54) is 36.4 Å². The van der Waals surface area contributed by atoms with Gasteiger partial charge in [-0.2, -0.15) is 0 Å². The number of imidazole rings is 1. The zero-order chi connectivity index (χ0) is 24.8. The highest BCUT2D eigenvalue weighted by Crippen LogP contribution is 2.46. The number of carboxylic acid groups (broad SMARTS) is 1. The Bertz CT molecular complexity index is 1220. The number of nitrogens with one attached hydrogen (secondary N) is 1. The van der Waals surface area contributed by atoms with Crippen molar-refractivity contribution in [2.45, 2.75) is 52.4 Å². The highest BCUT2D eigenvalue weighted by atomic mass is 19.4. The standard InChI is InChI=1S/C24H25F4N3O3/c1-13-8-15(12-23(2,3)11-13)31-20-10-18(25)17(21(32)33)9-19(20)30-22(31)29-14-4-6-16(7-5-14)34-24(26,27)28/h4-7,9-10,13,15H,8,11-12H2,1-3H3,(H,29,30)(H,32,33)/t13-,15+/m0/s1. The second-order valence-corrected chi connectivity index (χ2v) is 9.70. The topological polar surface area (TPSA) is 76.4 Å². The van der Waals surface area contributed by atoms with Crippen molar-refractivity contribution in [3.05, 3.63) is 47.8 Å². The van der Waals surface area contributed by atoms with Gasteiger partial charge >= 0.3 is 12.3 Å². The molecule has 0 bridgehead atoms. The van der Waals surface area contributed by atoms with Gasteiger partial charge in [-0.25, -0.2) is 14.2 Å². The summed E-state index contributed by atoms with van der Waals surface area (Å²) in [6.07, 6.45) is -2.13. The summed E-state index contributed by atoms with van der Waals surface area (Å²) in [5.74, 6) is -1.85. The predicted octanol–water partition coefficient (Wildman–Crippen LogP) is 6.90. The maximum Gasteiger partial charge on any atom is 0.573 e. The summed E-state index contributed by atoms with van der Waals surface area (Å²) in [6, 6.07) is 7.54. The van der Waals surface area contributed by atoms with E-state index in [9.17, 15) is 27.5 Å². The zero-order valence-corrected chi connectivity index (χ0v) is 18.9. The number of aromatic nitrogens is 2. The fourth-order valence-electron chi connectivity index (χ4n) is 5.10. The van der Waals surface area contributed by atoms with Crippen molar-refractivity contribution in [3.8, 4) is 5.75 Å². The Kier molecular flexibility index (Phi) is 5.95. The molecule has 2 aromatic carbocycles. The Balaban J connectivity index is 1.77. The number of halogens is 4. The minimum atomic E-state index is -4.79. The molecule has 4 rings (SSSR count). The third kappa shape index (κ3) is 5.10. The molecule has 1 heterocycles.